The van der Waals surface area contributed by atoms with Crippen molar-refractivity contribution >= 4 is 27.3 Å². The zero-order valence-electron chi connectivity index (χ0n) is 17.5. The molecule has 1 fully saturated rings. The van der Waals surface area contributed by atoms with E-state index in [1.165, 1.54) is 28.6 Å². The molecule has 0 aromatic heterocycles. The van der Waals surface area contributed by atoms with E-state index in [1.54, 1.807) is 7.05 Å². The van der Waals surface area contributed by atoms with Crippen molar-refractivity contribution in [3.63, 3.8) is 0 Å². The Morgan fingerprint density at radius 2 is 1.84 bits per heavy atom. The number of nitrogens with one attached hydrogen (secondary N) is 1. The molecule has 172 valence electrons. The molecule has 3 rings (SSSR count). The molecule has 11 heteroatoms. The van der Waals surface area contributed by atoms with Gasteiger partial charge in [-0.3, -0.25) is 14.9 Å². The summed E-state index contributed by atoms with van der Waals surface area (Å²) in [6.45, 7) is -0.589. The molecule has 32 heavy (non-hydrogen) atoms. The molecule has 2 aromatic carbocycles. The molecule has 1 N–H and O–H groups in total. The zero-order chi connectivity index (χ0) is 23.3. The normalized spacial score (nSPS) is 14.8. The number of amides is 1. The highest BCUT2D eigenvalue weighted by molar-refractivity contribution is 7.89. The first-order valence-electron chi connectivity index (χ1n) is 10.1. The van der Waals surface area contributed by atoms with Crippen molar-refractivity contribution in [2.24, 2.45) is 0 Å². The predicted molar refractivity (Wildman–Crippen MR) is 115 cm³/mol. The molecular weight excluding hydrogens is 441 g/mol. The van der Waals surface area contributed by atoms with Crippen molar-refractivity contribution in [1.82, 2.24) is 4.31 Å². The molecular formula is C21H24FN3O6S. The Labute approximate surface area is 185 Å². The molecule has 2 aromatic rings. The van der Waals surface area contributed by atoms with Crippen LogP contribution in [0.1, 0.15) is 32.1 Å². The monoisotopic (exact) mass is 465 g/mol. The van der Waals surface area contributed by atoms with Gasteiger partial charge in [-0.15, -0.1) is 0 Å². The summed E-state index contributed by atoms with van der Waals surface area (Å²) < 4.78 is 45.6. The first-order valence-corrected chi connectivity index (χ1v) is 11.6. The lowest BCUT2D eigenvalue weighted by Gasteiger charge is -2.30. The number of rotatable bonds is 8. The molecule has 0 aliphatic heterocycles. The third kappa shape index (κ3) is 5.60. The van der Waals surface area contributed by atoms with Crippen LogP contribution < -0.4 is 10.1 Å². The van der Waals surface area contributed by atoms with Crippen LogP contribution in [0.4, 0.5) is 15.8 Å². The Balaban J connectivity index is 1.61. The van der Waals surface area contributed by atoms with Gasteiger partial charge in [0.25, 0.3) is 5.91 Å². The number of carbonyl (C=O) groups excluding carboxylic acids is 1. The van der Waals surface area contributed by atoms with Crippen LogP contribution in [0.3, 0.4) is 0 Å². The molecule has 0 radical (unpaired) electrons. The molecule has 0 atom stereocenters. The molecule has 0 unspecified atom stereocenters. The van der Waals surface area contributed by atoms with Gasteiger partial charge in [0.05, 0.1) is 9.82 Å². The van der Waals surface area contributed by atoms with Gasteiger partial charge < -0.3 is 10.1 Å². The smallest absolute Gasteiger partial charge is 0.311 e. The van der Waals surface area contributed by atoms with E-state index in [4.69, 9.17) is 4.74 Å². The predicted octanol–water partition coefficient (Wildman–Crippen LogP) is 3.70. The highest BCUT2D eigenvalue weighted by Crippen LogP contribution is 2.28. The second kappa shape index (κ2) is 10.0. The highest BCUT2D eigenvalue weighted by atomic mass is 32.2. The maximum atomic E-state index is 13.3. The van der Waals surface area contributed by atoms with Crippen LogP contribution in [0.2, 0.25) is 0 Å². The summed E-state index contributed by atoms with van der Waals surface area (Å²) in [6, 6.07) is 8.39. The van der Waals surface area contributed by atoms with Crippen LogP contribution in [0.15, 0.2) is 47.4 Å². The molecule has 1 aliphatic carbocycles. The fourth-order valence-corrected chi connectivity index (χ4v) is 5.03. The Kier molecular flexibility index (Phi) is 7.41. The second-order valence-corrected chi connectivity index (χ2v) is 9.54. The molecule has 0 heterocycles. The number of nitrogens with zero attached hydrogens (tertiary/aromatic N) is 2. The third-order valence-corrected chi connectivity index (χ3v) is 7.31. The van der Waals surface area contributed by atoms with Crippen LogP contribution in [0, 0.1) is 15.9 Å². The minimum absolute atomic E-state index is 0.0165. The number of benzene rings is 2. The summed E-state index contributed by atoms with van der Waals surface area (Å²) in [5, 5.41) is 13.5. The third-order valence-electron chi connectivity index (χ3n) is 5.38. The average molecular weight is 466 g/mol. The lowest BCUT2D eigenvalue weighted by Crippen LogP contribution is -2.38. The quantitative estimate of drug-likeness (QED) is 0.469. The lowest BCUT2D eigenvalue weighted by molar-refractivity contribution is -0.385. The van der Waals surface area contributed by atoms with Crippen LogP contribution in [-0.4, -0.2) is 43.2 Å². The maximum Gasteiger partial charge on any atom is 0.311 e. The maximum absolute atomic E-state index is 13.3. The number of sulfonamides is 1. The molecule has 0 bridgehead atoms. The van der Waals surface area contributed by atoms with Gasteiger partial charge in [-0.1, -0.05) is 19.3 Å². The highest BCUT2D eigenvalue weighted by Gasteiger charge is 2.29. The second-order valence-electron chi connectivity index (χ2n) is 7.54. The van der Waals surface area contributed by atoms with Crippen molar-refractivity contribution in [1.29, 1.82) is 0 Å². The minimum atomic E-state index is -3.65. The van der Waals surface area contributed by atoms with Gasteiger partial charge in [0.2, 0.25) is 15.8 Å². The number of nitro groups is 1. The first-order chi connectivity index (χ1) is 15.2. The van der Waals surface area contributed by atoms with E-state index < -0.39 is 39.0 Å². The van der Waals surface area contributed by atoms with Gasteiger partial charge in [0.1, 0.15) is 5.82 Å². The number of halogens is 1. The topological polar surface area (TPSA) is 119 Å². The molecule has 1 saturated carbocycles. The number of carbonyl (C=O) groups is 1. The van der Waals surface area contributed by atoms with E-state index in [1.807, 2.05) is 0 Å². The number of anilines is 1. The summed E-state index contributed by atoms with van der Waals surface area (Å²) in [6.07, 6.45) is 4.82. The first kappa shape index (κ1) is 23.6. The Morgan fingerprint density at radius 3 is 2.47 bits per heavy atom. The van der Waals surface area contributed by atoms with E-state index in [9.17, 15) is 27.7 Å². The van der Waals surface area contributed by atoms with E-state index in [0.29, 0.717) is 5.69 Å². The summed E-state index contributed by atoms with van der Waals surface area (Å²) in [4.78, 5) is 22.5. The van der Waals surface area contributed by atoms with E-state index in [0.717, 1.165) is 50.3 Å². The Morgan fingerprint density at radius 1 is 1.19 bits per heavy atom. The van der Waals surface area contributed by atoms with Crippen LogP contribution in [0.25, 0.3) is 0 Å². The Hall–Kier alpha value is -3.05. The van der Waals surface area contributed by atoms with Crippen molar-refractivity contribution in [2.45, 2.75) is 43.0 Å². The van der Waals surface area contributed by atoms with Crippen molar-refractivity contribution in [2.75, 3.05) is 19.0 Å². The van der Waals surface area contributed by atoms with Gasteiger partial charge in [0.15, 0.2) is 6.61 Å². The van der Waals surface area contributed by atoms with Crippen LogP contribution in [-0.2, 0) is 14.8 Å². The summed E-state index contributed by atoms with van der Waals surface area (Å²) >= 11 is 0. The number of nitro benzene ring substituents is 1. The summed E-state index contributed by atoms with van der Waals surface area (Å²) in [7, 11) is -2.06. The van der Waals surface area contributed by atoms with Crippen LogP contribution >= 0.6 is 0 Å². The van der Waals surface area contributed by atoms with Crippen molar-refractivity contribution in [3.05, 3.63) is 58.4 Å². The van der Waals surface area contributed by atoms with Crippen molar-refractivity contribution in [3.8, 4) is 5.75 Å². The van der Waals surface area contributed by atoms with E-state index in [2.05, 4.69) is 5.32 Å². The molecule has 1 aliphatic rings. The van der Waals surface area contributed by atoms with E-state index in [-0.39, 0.29) is 16.7 Å². The van der Waals surface area contributed by atoms with Gasteiger partial charge >= 0.3 is 5.69 Å². The Bertz CT molecular complexity index is 1090. The number of hydrogen-bond donors (Lipinski definition) is 1. The SMILES string of the molecule is CN(C1CCCCC1)S(=O)(=O)c1ccc(NC(=O)COc2cc(F)ccc2[N+](=O)[O-])cc1. The fourth-order valence-electron chi connectivity index (χ4n) is 3.61. The molecule has 0 saturated heterocycles. The molecule has 1 amide bonds. The largest absolute Gasteiger partial charge is 0.477 e. The standard InChI is InChI=1S/C21H24FN3O6S/c1-24(17-5-3-2-4-6-17)32(29,30)18-10-8-16(9-11-18)23-21(26)14-31-20-13-15(22)7-12-19(20)25(27)28/h7-13,17H,2-6,14H2,1H3,(H,23,26). The van der Waals surface area contributed by atoms with Gasteiger partial charge in [-0.2, -0.15) is 4.31 Å². The minimum Gasteiger partial charge on any atom is -0.477 e. The average Bonchev–Trinajstić information content (AvgIpc) is 2.78. The fraction of sp³-hybridized carbons (Fsp3) is 0.381. The van der Waals surface area contributed by atoms with Gasteiger partial charge in [0, 0.05) is 30.9 Å². The van der Waals surface area contributed by atoms with Crippen molar-refractivity contribution < 1.29 is 27.3 Å². The zero-order valence-corrected chi connectivity index (χ0v) is 18.3. The van der Waals surface area contributed by atoms with E-state index >= 15 is 0 Å². The summed E-state index contributed by atoms with van der Waals surface area (Å²) in [5.74, 6) is -1.74. The molecule has 0 spiro atoms. The number of ether oxygens (including phenoxy) is 1. The lowest BCUT2D eigenvalue weighted by atomic mass is 9.96. The van der Waals surface area contributed by atoms with Gasteiger partial charge in [-0.05, 0) is 43.2 Å². The number of hydrogen-bond acceptors (Lipinski definition) is 6. The summed E-state index contributed by atoms with van der Waals surface area (Å²) in [5.41, 5.74) is -0.137. The molecule has 9 nitrogen and oxygen atoms in total. The van der Waals surface area contributed by atoms with Gasteiger partial charge in [-0.25, -0.2) is 12.8 Å². The van der Waals surface area contributed by atoms with Crippen LogP contribution in [0.5, 0.6) is 5.75 Å².